The van der Waals surface area contributed by atoms with Gasteiger partial charge in [-0.15, -0.1) is 0 Å². The predicted molar refractivity (Wildman–Crippen MR) is 78.1 cm³/mol. The maximum absolute atomic E-state index is 12.6. The number of ether oxygens (including phenoxy) is 1. The number of hydrogen-bond acceptors (Lipinski definition) is 3. The maximum Gasteiger partial charge on any atom is 0.306 e. The van der Waals surface area contributed by atoms with Gasteiger partial charge in [0, 0.05) is 5.41 Å². The normalized spacial score (nSPS) is 36.3. The van der Waals surface area contributed by atoms with Crippen LogP contribution in [0.25, 0.3) is 0 Å². The summed E-state index contributed by atoms with van der Waals surface area (Å²) >= 11 is 0. The Morgan fingerprint density at radius 2 is 2.15 bits per heavy atom. The third-order valence-electron chi connectivity index (χ3n) is 4.97. The minimum absolute atomic E-state index is 0.167. The maximum atomic E-state index is 12.6. The molecule has 0 fully saturated rings. The first-order valence-electron chi connectivity index (χ1n) is 7.38. The van der Waals surface area contributed by atoms with Crippen molar-refractivity contribution in [2.75, 3.05) is 6.61 Å². The van der Waals surface area contributed by atoms with Crippen LogP contribution in [0.3, 0.4) is 0 Å². The topological polar surface area (TPSA) is 43.4 Å². The van der Waals surface area contributed by atoms with Crippen molar-refractivity contribution < 1.29 is 14.3 Å². The number of ketones is 1. The van der Waals surface area contributed by atoms with Gasteiger partial charge in [0.15, 0.2) is 5.78 Å². The summed E-state index contributed by atoms with van der Waals surface area (Å²) in [6.07, 6.45) is 8.16. The third-order valence-corrected chi connectivity index (χ3v) is 4.97. The van der Waals surface area contributed by atoms with Crippen LogP contribution >= 0.6 is 0 Å². The van der Waals surface area contributed by atoms with Crippen molar-refractivity contribution in [3.05, 3.63) is 23.8 Å². The standard InChI is InChI=1S/C17H24O3/c1-5-20-14(18)11-16(3)9-6-10-17(4)13(16)8-7-12(2)15(17)19/h6-7,9,13H,5,8,10-11H2,1-4H3/t13-,16+,17-/m0/s1. The Kier molecular flexibility index (Phi) is 3.90. The Balaban J connectivity index is 2.32. The second-order valence-electron chi connectivity index (χ2n) is 6.52. The number of carbonyl (C=O) groups is 2. The van der Waals surface area contributed by atoms with Gasteiger partial charge in [-0.25, -0.2) is 0 Å². The summed E-state index contributed by atoms with van der Waals surface area (Å²) < 4.78 is 5.10. The molecule has 3 nitrogen and oxygen atoms in total. The first-order chi connectivity index (χ1) is 9.33. The summed E-state index contributed by atoms with van der Waals surface area (Å²) in [5.74, 6) is 0.219. The molecule has 2 aliphatic rings. The fourth-order valence-corrected chi connectivity index (χ4v) is 3.88. The lowest BCUT2D eigenvalue weighted by Gasteiger charge is -2.50. The van der Waals surface area contributed by atoms with Crippen molar-refractivity contribution in [2.45, 2.75) is 47.0 Å². The van der Waals surface area contributed by atoms with Gasteiger partial charge in [0.25, 0.3) is 0 Å². The summed E-state index contributed by atoms with van der Waals surface area (Å²) in [6, 6.07) is 0. The summed E-state index contributed by atoms with van der Waals surface area (Å²) in [7, 11) is 0. The molecule has 0 saturated carbocycles. The van der Waals surface area contributed by atoms with E-state index in [9.17, 15) is 9.59 Å². The van der Waals surface area contributed by atoms with Gasteiger partial charge in [-0.3, -0.25) is 9.59 Å². The number of hydrogen-bond donors (Lipinski definition) is 0. The van der Waals surface area contributed by atoms with Gasteiger partial charge in [0.2, 0.25) is 0 Å². The summed E-state index contributed by atoms with van der Waals surface area (Å²) in [6.45, 7) is 8.23. The first kappa shape index (κ1) is 15.0. The zero-order valence-electron chi connectivity index (χ0n) is 12.9. The molecule has 0 N–H and O–H groups in total. The minimum atomic E-state index is -0.380. The second-order valence-corrected chi connectivity index (χ2v) is 6.52. The molecule has 0 heterocycles. The number of rotatable bonds is 3. The highest BCUT2D eigenvalue weighted by atomic mass is 16.5. The van der Waals surface area contributed by atoms with Crippen LogP contribution < -0.4 is 0 Å². The zero-order chi connectivity index (χ0) is 15.0. The van der Waals surface area contributed by atoms with E-state index in [1.165, 1.54) is 0 Å². The molecule has 0 radical (unpaired) electrons. The van der Waals surface area contributed by atoms with Gasteiger partial charge < -0.3 is 4.74 Å². The second kappa shape index (κ2) is 5.19. The Hall–Kier alpha value is -1.38. The van der Waals surface area contributed by atoms with Crippen LogP contribution in [0.1, 0.15) is 47.0 Å². The average Bonchev–Trinajstić information content (AvgIpc) is 2.35. The van der Waals surface area contributed by atoms with E-state index in [1.807, 2.05) is 26.8 Å². The molecular weight excluding hydrogens is 252 g/mol. The molecule has 20 heavy (non-hydrogen) atoms. The van der Waals surface area contributed by atoms with Gasteiger partial charge >= 0.3 is 5.97 Å². The highest BCUT2D eigenvalue weighted by Crippen LogP contribution is 2.54. The third kappa shape index (κ3) is 2.34. The molecule has 0 aromatic carbocycles. The summed E-state index contributed by atoms with van der Waals surface area (Å²) in [5, 5.41) is 0. The van der Waals surface area contributed by atoms with Crippen molar-refractivity contribution >= 4 is 11.8 Å². The molecule has 0 bridgehead atoms. The number of allylic oxidation sites excluding steroid dienone is 4. The molecular formula is C17H24O3. The molecule has 0 saturated heterocycles. The number of esters is 1. The Morgan fingerprint density at radius 3 is 2.80 bits per heavy atom. The monoisotopic (exact) mass is 276 g/mol. The van der Waals surface area contributed by atoms with Crippen molar-refractivity contribution in [1.29, 1.82) is 0 Å². The Bertz CT molecular complexity index is 488. The molecule has 0 aliphatic heterocycles. The molecule has 0 unspecified atom stereocenters. The van der Waals surface area contributed by atoms with E-state index in [0.29, 0.717) is 13.0 Å². The number of Topliss-reactive ketones (excluding diaryl/α,β-unsaturated/α-hetero) is 1. The lowest BCUT2D eigenvalue weighted by Crippen LogP contribution is -2.48. The average molecular weight is 276 g/mol. The van der Waals surface area contributed by atoms with E-state index in [1.54, 1.807) is 0 Å². The zero-order valence-corrected chi connectivity index (χ0v) is 12.9. The summed E-state index contributed by atoms with van der Waals surface area (Å²) in [5.41, 5.74) is 0.179. The molecule has 0 spiro atoms. The minimum Gasteiger partial charge on any atom is -0.466 e. The van der Waals surface area contributed by atoms with Crippen LogP contribution in [-0.2, 0) is 14.3 Å². The molecule has 0 aromatic rings. The van der Waals surface area contributed by atoms with Gasteiger partial charge in [-0.1, -0.05) is 32.1 Å². The quantitative estimate of drug-likeness (QED) is 0.586. The SMILES string of the molecule is CCOC(=O)C[C@@]1(C)C=CC[C@]2(C)C(=O)C(C)=CC[C@@H]12. The predicted octanol–water partition coefficient (Wildman–Crippen LogP) is 3.45. The molecule has 0 aromatic heterocycles. The van der Waals surface area contributed by atoms with Crippen LogP contribution in [-0.4, -0.2) is 18.4 Å². The van der Waals surface area contributed by atoms with Gasteiger partial charge in [0.1, 0.15) is 0 Å². The van der Waals surface area contributed by atoms with Crippen LogP contribution in [0, 0.1) is 16.7 Å². The van der Waals surface area contributed by atoms with Crippen molar-refractivity contribution in [2.24, 2.45) is 16.7 Å². The highest BCUT2D eigenvalue weighted by Gasteiger charge is 2.52. The Morgan fingerprint density at radius 1 is 1.45 bits per heavy atom. The largest absolute Gasteiger partial charge is 0.466 e. The highest BCUT2D eigenvalue weighted by molar-refractivity contribution is 6.00. The fraction of sp³-hybridized carbons (Fsp3) is 0.647. The summed E-state index contributed by atoms with van der Waals surface area (Å²) in [4.78, 5) is 24.4. The van der Waals surface area contributed by atoms with Crippen LogP contribution in [0.2, 0.25) is 0 Å². The number of fused-ring (bicyclic) bond motifs is 1. The molecule has 3 heteroatoms. The van der Waals surface area contributed by atoms with E-state index in [4.69, 9.17) is 4.74 Å². The molecule has 0 amide bonds. The van der Waals surface area contributed by atoms with Crippen molar-refractivity contribution in [1.82, 2.24) is 0 Å². The van der Waals surface area contributed by atoms with E-state index >= 15 is 0 Å². The first-order valence-corrected chi connectivity index (χ1v) is 7.38. The number of carbonyl (C=O) groups excluding carboxylic acids is 2. The van der Waals surface area contributed by atoms with E-state index < -0.39 is 0 Å². The van der Waals surface area contributed by atoms with Crippen LogP contribution in [0.4, 0.5) is 0 Å². The van der Waals surface area contributed by atoms with Crippen molar-refractivity contribution in [3.8, 4) is 0 Å². The molecule has 2 rings (SSSR count). The lowest BCUT2D eigenvalue weighted by molar-refractivity contribution is -0.148. The lowest BCUT2D eigenvalue weighted by atomic mass is 9.53. The van der Waals surface area contributed by atoms with Gasteiger partial charge in [-0.05, 0) is 43.6 Å². The van der Waals surface area contributed by atoms with Gasteiger partial charge in [0.05, 0.1) is 13.0 Å². The Labute approximate surface area is 121 Å². The smallest absolute Gasteiger partial charge is 0.306 e. The molecule has 3 atom stereocenters. The fourth-order valence-electron chi connectivity index (χ4n) is 3.88. The van der Waals surface area contributed by atoms with Gasteiger partial charge in [-0.2, -0.15) is 0 Å². The van der Waals surface area contributed by atoms with Crippen LogP contribution in [0.15, 0.2) is 23.8 Å². The van der Waals surface area contributed by atoms with E-state index in [-0.39, 0.29) is 28.5 Å². The van der Waals surface area contributed by atoms with E-state index in [2.05, 4.69) is 19.1 Å². The molecule has 2 aliphatic carbocycles. The van der Waals surface area contributed by atoms with Crippen LogP contribution in [0.5, 0.6) is 0 Å². The molecule has 110 valence electrons. The van der Waals surface area contributed by atoms with E-state index in [0.717, 1.165) is 18.4 Å². The van der Waals surface area contributed by atoms with Crippen molar-refractivity contribution in [3.63, 3.8) is 0 Å².